The van der Waals surface area contributed by atoms with Gasteiger partial charge < -0.3 is 4.90 Å². The first kappa shape index (κ1) is 15.1. The number of nitro benzene ring substituents is 1. The largest absolute Gasteiger partial charge is 0.302 e. The lowest BCUT2D eigenvalue weighted by atomic mass is 10.1. The summed E-state index contributed by atoms with van der Waals surface area (Å²) in [6.45, 7) is 6.19. The molecule has 0 aromatic heterocycles. The summed E-state index contributed by atoms with van der Waals surface area (Å²) >= 11 is 0. The third kappa shape index (κ3) is 4.68. The predicted molar refractivity (Wildman–Crippen MR) is 73.7 cm³/mol. The second kappa shape index (κ2) is 7.49. The highest BCUT2D eigenvalue weighted by molar-refractivity contribution is 5.39. The SMILES string of the molecule is CCN(CCc1ccccc1[N+](=O)[O-])CC(C)C#N. The van der Waals surface area contributed by atoms with Crippen LogP contribution in [0.1, 0.15) is 19.4 Å². The Bertz CT molecular complexity index is 468. The quantitative estimate of drug-likeness (QED) is 0.558. The fourth-order valence-corrected chi connectivity index (χ4v) is 1.99. The molecule has 0 spiro atoms. The highest BCUT2D eigenvalue weighted by atomic mass is 16.6. The minimum absolute atomic E-state index is 0.0225. The van der Waals surface area contributed by atoms with Gasteiger partial charge in [-0.3, -0.25) is 10.1 Å². The second-order valence-corrected chi connectivity index (χ2v) is 4.56. The van der Waals surface area contributed by atoms with E-state index in [1.54, 1.807) is 12.1 Å². The molecule has 1 atom stereocenters. The summed E-state index contributed by atoms with van der Waals surface area (Å²) in [6, 6.07) is 9.02. The van der Waals surface area contributed by atoms with Gasteiger partial charge in [0.25, 0.3) is 5.69 Å². The van der Waals surface area contributed by atoms with E-state index >= 15 is 0 Å². The van der Waals surface area contributed by atoms with E-state index in [-0.39, 0.29) is 16.5 Å². The van der Waals surface area contributed by atoms with Crippen molar-refractivity contribution in [1.82, 2.24) is 4.90 Å². The Hall–Kier alpha value is -1.93. The lowest BCUT2D eigenvalue weighted by molar-refractivity contribution is -0.385. The van der Waals surface area contributed by atoms with Gasteiger partial charge >= 0.3 is 0 Å². The number of likely N-dealkylation sites (N-methyl/N-ethyl adjacent to an activating group) is 1. The molecule has 0 bridgehead atoms. The molecule has 0 saturated carbocycles. The number of nitro groups is 1. The molecule has 102 valence electrons. The van der Waals surface area contributed by atoms with E-state index in [9.17, 15) is 10.1 Å². The standard InChI is InChI=1S/C14H19N3O2/c1-3-16(11-12(2)10-15)9-8-13-6-4-5-7-14(13)17(18)19/h4-7,12H,3,8-9,11H2,1-2H3. The summed E-state index contributed by atoms with van der Waals surface area (Å²) in [5.41, 5.74) is 0.919. The van der Waals surface area contributed by atoms with Gasteiger partial charge in [-0.15, -0.1) is 0 Å². The first-order valence-electron chi connectivity index (χ1n) is 6.42. The first-order valence-corrected chi connectivity index (χ1v) is 6.42. The molecule has 0 aliphatic heterocycles. The Morgan fingerprint density at radius 2 is 2.16 bits per heavy atom. The Morgan fingerprint density at radius 3 is 2.74 bits per heavy atom. The van der Waals surface area contributed by atoms with Crippen molar-refractivity contribution in [2.24, 2.45) is 5.92 Å². The van der Waals surface area contributed by atoms with Crippen molar-refractivity contribution in [3.8, 4) is 6.07 Å². The number of para-hydroxylation sites is 1. The molecule has 1 rings (SSSR count). The van der Waals surface area contributed by atoms with Crippen LogP contribution in [0.15, 0.2) is 24.3 Å². The van der Waals surface area contributed by atoms with E-state index in [4.69, 9.17) is 5.26 Å². The average molecular weight is 261 g/mol. The zero-order valence-corrected chi connectivity index (χ0v) is 11.4. The van der Waals surface area contributed by atoms with Gasteiger partial charge in [0.05, 0.1) is 16.9 Å². The topological polar surface area (TPSA) is 70.2 Å². The van der Waals surface area contributed by atoms with E-state index in [1.165, 1.54) is 6.07 Å². The van der Waals surface area contributed by atoms with Crippen molar-refractivity contribution in [3.05, 3.63) is 39.9 Å². The van der Waals surface area contributed by atoms with Gasteiger partial charge in [-0.2, -0.15) is 5.26 Å². The monoisotopic (exact) mass is 261 g/mol. The number of benzene rings is 1. The lowest BCUT2D eigenvalue weighted by Crippen LogP contribution is -2.30. The van der Waals surface area contributed by atoms with Gasteiger partial charge in [-0.25, -0.2) is 0 Å². The molecule has 0 heterocycles. The predicted octanol–water partition coefficient (Wildman–Crippen LogP) is 2.62. The average Bonchev–Trinajstić information content (AvgIpc) is 2.43. The Balaban J connectivity index is 2.65. The van der Waals surface area contributed by atoms with Crippen LogP contribution in [0.3, 0.4) is 0 Å². The van der Waals surface area contributed by atoms with Crippen molar-refractivity contribution < 1.29 is 4.92 Å². The van der Waals surface area contributed by atoms with Crippen LogP contribution in [-0.4, -0.2) is 29.5 Å². The van der Waals surface area contributed by atoms with Crippen molar-refractivity contribution in [3.63, 3.8) is 0 Å². The summed E-state index contributed by atoms with van der Waals surface area (Å²) in [7, 11) is 0. The summed E-state index contributed by atoms with van der Waals surface area (Å²) in [4.78, 5) is 12.7. The molecule has 1 unspecified atom stereocenters. The summed E-state index contributed by atoms with van der Waals surface area (Å²) in [5, 5.41) is 19.7. The summed E-state index contributed by atoms with van der Waals surface area (Å²) < 4.78 is 0. The van der Waals surface area contributed by atoms with Crippen LogP contribution in [-0.2, 0) is 6.42 Å². The minimum Gasteiger partial charge on any atom is -0.302 e. The smallest absolute Gasteiger partial charge is 0.272 e. The highest BCUT2D eigenvalue weighted by Crippen LogP contribution is 2.18. The van der Waals surface area contributed by atoms with E-state index in [0.29, 0.717) is 13.0 Å². The van der Waals surface area contributed by atoms with E-state index in [2.05, 4.69) is 11.0 Å². The molecule has 0 radical (unpaired) electrons. The summed E-state index contributed by atoms with van der Waals surface area (Å²) in [6.07, 6.45) is 0.628. The molecule has 1 aromatic rings. The van der Waals surface area contributed by atoms with Crippen LogP contribution in [0.5, 0.6) is 0 Å². The van der Waals surface area contributed by atoms with Gasteiger partial charge in [-0.1, -0.05) is 25.1 Å². The molecule has 5 heteroatoms. The molecular weight excluding hydrogens is 242 g/mol. The molecule has 0 aliphatic carbocycles. The maximum absolute atomic E-state index is 10.9. The summed E-state index contributed by atoms with van der Waals surface area (Å²) in [5.74, 6) is -0.0225. The number of rotatable bonds is 7. The molecular formula is C14H19N3O2. The molecule has 0 N–H and O–H groups in total. The van der Waals surface area contributed by atoms with Crippen LogP contribution in [0.25, 0.3) is 0 Å². The van der Waals surface area contributed by atoms with Gasteiger partial charge in [0.1, 0.15) is 0 Å². The van der Waals surface area contributed by atoms with Crippen molar-refractivity contribution in [2.45, 2.75) is 20.3 Å². The van der Waals surface area contributed by atoms with Gasteiger partial charge in [0, 0.05) is 24.7 Å². The molecule has 0 aliphatic rings. The van der Waals surface area contributed by atoms with Gasteiger partial charge in [0.15, 0.2) is 0 Å². The molecule has 5 nitrogen and oxygen atoms in total. The Kier molecular flexibility index (Phi) is 5.97. The number of hydrogen-bond donors (Lipinski definition) is 0. The highest BCUT2D eigenvalue weighted by Gasteiger charge is 2.14. The molecule has 1 aromatic carbocycles. The molecule has 19 heavy (non-hydrogen) atoms. The van der Waals surface area contributed by atoms with Crippen molar-refractivity contribution >= 4 is 5.69 Å². The van der Waals surface area contributed by atoms with E-state index < -0.39 is 0 Å². The molecule has 0 saturated heterocycles. The second-order valence-electron chi connectivity index (χ2n) is 4.56. The maximum atomic E-state index is 10.9. The van der Waals surface area contributed by atoms with E-state index in [0.717, 1.165) is 18.7 Å². The normalized spacial score (nSPS) is 12.1. The lowest BCUT2D eigenvalue weighted by Gasteiger charge is -2.21. The van der Waals surface area contributed by atoms with Crippen molar-refractivity contribution in [1.29, 1.82) is 5.26 Å². The third-order valence-electron chi connectivity index (χ3n) is 3.09. The number of hydrogen-bond acceptors (Lipinski definition) is 4. The number of nitriles is 1. The van der Waals surface area contributed by atoms with Crippen LogP contribution >= 0.6 is 0 Å². The van der Waals surface area contributed by atoms with Crippen LogP contribution in [0.4, 0.5) is 5.69 Å². The minimum atomic E-state index is -0.344. The van der Waals surface area contributed by atoms with Gasteiger partial charge in [-0.05, 0) is 19.9 Å². The zero-order chi connectivity index (χ0) is 14.3. The Morgan fingerprint density at radius 1 is 1.47 bits per heavy atom. The van der Waals surface area contributed by atoms with E-state index in [1.807, 2.05) is 19.9 Å². The molecule has 0 fully saturated rings. The van der Waals surface area contributed by atoms with Crippen LogP contribution in [0, 0.1) is 27.4 Å². The number of nitrogens with zero attached hydrogens (tertiary/aromatic N) is 3. The molecule has 0 amide bonds. The zero-order valence-electron chi connectivity index (χ0n) is 11.4. The fraction of sp³-hybridized carbons (Fsp3) is 0.500. The first-order chi connectivity index (χ1) is 9.08. The third-order valence-corrected chi connectivity index (χ3v) is 3.09. The van der Waals surface area contributed by atoms with Crippen LogP contribution < -0.4 is 0 Å². The van der Waals surface area contributed by atoms with Crippen LogP contribution in [0.2, 0.25) is 0 Å². The Labute approximate surface area is 113 Å². The van der Waals surface area contributed by atoms with Gasteiger partial charge in [0.2, 0.25) is 0 Å². The maximum Gasteiger partial charge on any atom is 0.272 e. The van der Waals surface area contributed by atoms with Crippen molar-refractivity contribution in [2.75, 3.05) is 19.6 Å². The fourth-order valence-electron chi connectivity index (χ4n) is 1.99.